The van der Waals surface area contributed by atoms with Crippen LogP contribution in [0.5, 0.6) is 0 Å². The van der Waals surface area contributed by atoms with Gasteiger partial charge in [0, 0.05) is 13.1 Å². The van der Waals surface area contributed by atoms with Crippen LogP contribution in [-0.4, -0.2) is 39.2 Å². The number of piperidine rings is 1. The lowest BCUT2D eigenvalue weighted by molar-refractivity contribution is -0.129. The summed E-state index contributed by atoms with van der Waals surface area (Å²) in [7, 11) is 0. The number of nitrogens with zero attached hydrogens (tertiary/aromatic N) is 3. The van der Waals surface area contributed by atoms with Gasteiger partial charge >= 0.3 is 0 Å². The number of rotatable bonds is 6. The number of benzene rings is 2. The van der Waals surface area contributed by atoms with Gasteiger partial charge in [0.05, 0.1) is 22.3 Å². The number of fused-ring (bicyclic) bond motifs is 1. The van der Waals surface area contributed by atoms with Crippen LogP contribution in [-0.2, 0) is 4.79 Å². The monoisotopic (exact) mass is 449 g/mol. The number of para-hydroxylation sites is 1. The molecule has 1 unspecified atom stereocenters. The molecule has 168 valence electrons. The molecule has 1 amide bonds. The van der Waals surface area contributed by atoms with E-state index in [4.69, 9.17) is 4.98 Å². The Morgan fingerprint density at radius 1 is 1.12 bits per heavy atom. The Morgan fingerprint density at radius 2 is 1.81 bits per heavy atom. The fourth-order valence-corrected chi connectivity index (χ4v) is 5.02. The van der Waals surface area contributed by atoms with Crippen molar-refractivity contribution in [2.45, 2.75) is 51.1 Å². The summed E-state index contributed by atoms with van der Waals surface area (Å²) in [5.41, 5.74) is 2.59. The number of hydrogen-bond acceptors (Lipinski definition) is 4. The van der Waals surface area contributed by atoms with Crippen molar-refractivity contribution in [3.8, 4) is 5.69 Å². The Hall–Kier alpha value is -2.60. The molecule has 1 fully saturated rings. The predicted molar refractivity (Wildman–Crippen MR) is 132 cm³/mol. The number of carbonyl (C=O) groups excluding carboxylic acids is 1. The van der Waals surface area contributed by atoms with E-state index in [-0.39, 0.29) is 17.2 Å². The van der Waals surface area contributed by atoms with E-state index >= 15 is 0 Å². The van der Waals surface area contributed by atoms with Crippen LogP contribution in [0.15, 0.2) is 58.5 Å². The highest BCUT2D eigenvalue weighted by Gasteiger charge is 2.21. The van der Waals surface area contributed by atoms with E-state index in [2.05, 4.69) is 32.9 Å². The summed E-state index contributed by atoms with van der Waals surface area (Å²) in [5, 5.41) is 1.14. The molecule has 5 nitrogen and oxygen atoms in total. The number of aromatic nitrogens is 2. The third kappa shape index (κ3) is 4.75. The van der Waals surface area contributed by atoms with Gasteiger partial charge in [0.2, 0.25) is 5.91 Å². The van der Waals surface area contributed by atoms with E-state index in [1.807, 2.05) is 41.3 Å². The molecule has 1 aliphatic rings. The summed E-state index contributed by atoms with van der Waals surface area (Å²) in [4.78, 5) is 33.0. The molecular weight excluding hydrogens is 418 g/mol. The van der Waals surface area contributed by atoms with Gasteiger partial charge < -0.3 is 4.90 Å². The Labute approximate surface area is 193 Å². The van der Waals surface area contributed by atoms with Crippen LogP contribution >= 0.6 is 11.8 Å². The zero-order valence-corrected chi connectivity index (χ0v) is 19.9. The Morgan fingerprint density at radius 3 is 2.50 bits per heavy atom. The predicted octanol–water partition coefficient (Wildman–Crippen LogP) is 5.25. The molecule has 2 aromatic carbocycles. The lowest BCUT2D eigenvalue weighted by atomic mass is 9.98. The molecule has 1 aromatic heterocycles. The van der Waals surface area contributed by atoms with Gasteiger partial charge in [-0.3, -0.25) is 14.2 Å². The lowest BCUT2D eigenvalue weighted by Crippen LogP contribution is -2.39. The maximum absolute atomic E-state index is 13.4. The molecule has 0 N–H and O–H groups in total. The van der Waals surface area contributed by atoms with Gasteiger partial charge in [0.25, 0.3) is 5.56 Å². The van der Waals surface area contributed by atoms with E-state index in [9.17, 15) is 9.59 Å². The Bertz CT molecular complexity index is 1150. The second-order valence-electron chi connectivity index (χ2n) is 8.80. The molecule has 1 atom stereocenters. The summed E-state index contributed by atoms with van der Waals surface area (Å²) >= 11 is 1.35. The zero-order valence-electron chi connectivity index (χ0n) is 19.1. The third-order valence-electron chi connectivity index (χ3n) is 6.54. The summed E-state index contributed by atoms with van der Waals surface area (Å²) in [5.74, 6) is 1.54. The summed E-state index contributed by atoms with van der Waals surface area (Å²) in [6.07, 6.45) is 3.17. The van der Waals surface area contributed by atoms with Crippen molar-refractivity contribution in [3.63, 3.8) is 0 Å². The minimum Gasteiger partial charge on any atom is -0.342 e. The first-order chi connectivity index (χ1) is 15.5. The molecule has 2 heterocycles. The van der Waals surface area contributed by atoms with Crippen LogP contribution < -0.4 is 5.56 Å². The van der Waals surface area contributed by atoms with Crippen LogP contribution in [0.3, 0.4) is 0 Å². The van der Waals surface area contributed by atoms with E-state index in [1.54, 1.807) is 4.57 Å². The van der Waals surface area contributed by atoms with Gasteiger partial charge in [-0.2, -0.15) is 0 Å². The maximum Gasteiger partial charge on any atom is 0.266 e. The summed E-state index contributed by atoms with van der Waals surface area (Å²) in [6.45, 7) is 8.24. The number of amides is 1. The average molecular weight is 450 g/mol. The Kier molecular flexibility index (Phi) is 6.99. The maximum atomic E-state index is 13.4. The fourth-order valence-electron chi connectivity index (χ4n) is 4.10. The SMILES string of the molecule is CCC(C)c1ccc(-n2c(SCC(=O)N3CCC(C)CC3)nc3ccccc3c2=O)cc1. The van der Waals surface area contributed by atoms with Crippen LogP contribution in [0, 0.1) is 5.92 Å². The van der Waals surface area contributed by atoms with Crippen molar-refractivity contribution < 1.29 is 4.79 Å². The van der Waals surface area contributed by atoms with Crippen molar-refractivity contribution in [1.82, 2.24) is 14.5 Å². The number of hydrogen-bond donors (Lipinski definition) is 0. The molecule has 3 aromatic rings. The highest BCUT2D eigenvalue weighted by atomic mass is 32.2. The van der Waals surface area contributed by atoms with Gasteiger partial charge in [-0.1, -0.05) is 56.8 Å². The minimum absolute atomic E-state index is 0.103. The molecule has 0 bridgehead atoms. The molecule has 32 heavy (non-hydrogen) atoms. The van der Waals surface area contributed by atoms with Gasteiger partial charge in [0.15, 0.2) is 5.16 Å². The molecule has 4 rings (SSSR count). The topological polar surface area (TPSA) is 55.2 Å². The van der Waals surface area contributed by atoms with Gasteiger partial charge in [-0.05, 0) is 60.9 Å². The first-order valence-corrected chi connectivity index (χ1v) is 12.5. The van der Waals surface area contributed by atoms with Crippen molar-refractivity contribution in [1.29, 1.82) is 0 Å². The second kappa shape index (κ2) is 9.90. The average Bonchev–Trinajstić information content (AvgIpc) is 2.83. The van der Waals surface area contributed by atoms with Crippen LogP contribution in [0.4, 0.5) is 0 Å². The molecular formula is C26H31N3O2S. The summed E-state index contributed by atoms with van der Waals surface area (Å²) < 4.78 is 1.65. The first kappa shape index (κ1) is 22.6. The fraction of sp³-hybridized carbons (Fsp3) is 0.423. The quantitative estimate of drug-likeness (QED) is 0.381. The van der Waals surface area contributed by atoms with E-state index in [0.717, 1.165) is 38.0 Å². The highest BCUT2D eigenvalue weighted by molar-refractivity contribution is 7.99. The Balaban J connectivity index is 1.66. The second-order valence-corrected chi connectivity index (χ2v) is 9.75. The normalized spacial score (nSPS) is 15.8. The van der Waals surface area contributed by atoms with E-state index < -0.39 is 0 Å². The number of carbonyl (C=O) groups is 1. The van der Waals surface area contributed by atoms with Gasteiger partial charge in [-0.25, -0.2) is 4.98 Å². The van der Waals surface area contributed by atoms with E-state index in [1.165, 1.54) is 17.3 Å². The first-order valence-electron chi connectivity index (χ1n) is 11.5. The molecule has 1 saturated heterocycles. The van der Waals surface area contributed by atoms with Crippen LogP contribution in [0.25, 0.3) is 16.6 Å². The third-order valence-corrected chi connectivity index (χ3v) is 7.46. The van der Waals surface area contributed by atoms with Crippen molar-refractivity contribution in [3.05, 3.63) is 64.4 Å². The molecule has 0 radical (unpaired) electrons. The van der Waals surface area contributed by atoms with Crippen LogP contribution in [0.1, 0.15) is 51.5 Å². The molecule has 0 saturated carbocycles. The molecule has 6 heteroatoms. The van der Waals surface area contributed by atoms with Crippen LogP contribution in [0.2, 0.25) is 0 Å². The van der Waals surface area contributed by atoms with E-state index in [0.29, 0.717) is 27.9 Å². The zero-order chi connectivity index (χ0) is 22.7. The summed E-state index contributed by atoms with van der Waals surface area (Å²) in [6, 6.07) is 15.5. The highest BCUT2D eigenvalue weighted by Crippen LogP contribution is 2.25. The largest absolute Gasteiger partial charge is 0.342 e. The van der Waals surface area contributed by atoms with Gasteiger partial charge in [0.1, 0.15) is 0 Å². The molecule has 1 aliphatic heterocycles. The van der Waals surface area contributed by atoms with Crippen molar-refractivity contribution >= 4 is 28.6 Å². The molecule has 0 aliphatic carbocycles. The van der Waals surface area contributed by atoms with Crippen molar-refractivity contribution in [2.24, 2.45) is 5.92 Å². The minimum atomic E-state index is -0.103. The standard InChI is InChI=1S/C26H31N3O2S/c1-4-19(3)20-9-11-21(12-10-20)29-25(31)22-7-5-6-8-23(22)27-26(29)32-17-24(30)28-15-13-18(2)14-16-28/h5-12,18-19H,4,13-17H2,1-3H3. The smallest absolute Gasteiger partial charge is 0.266 e. The van der Waals surface area contributed by atoms with Crippen molar-refractivity contribution in [2.75, 3.05) is 18.8 Å². The number of thioether (sulfide) groups is 1. The lowest BCUT2D eigenvalue weighted by Gasteiger charge is -2.30. The van der Waals surface area contributed by atoms with Gasteiger partial charge in [-0.15, -0.1) is 0 Å². The molecule has 0 spiro atoms. The number of likely N-dealkylation sites (tertiary alicyclic amines) is 1.